The number of carbonyl (C=O) groups excluding carboxylic acids is 1. The Morgan fingerprint density at radius 2 is 2.36 bits per heavy atom. The zero-order valence-corrected chi connectivity index (χ0v) is 6.58. The van der Waals surface area contributed by atoms with Crippen LogP contribution in [0, 0.1) is 17.8 Å². The number of hydrogen-bond donors (Lipinski definition) is 2. The Morgan fingerprint density at radius 3 is 2.82 bits per heavy atom. The van der Waals surface area contributed by atoms with E-state index in [1.165, 1.54) is 0 Å². The summed E-state index contributed by atoms with van der Waals surface area (Å²) >= 11 is 0. The van der Waals surface area contributed by atoms with Crippen LogP contribution in [0.1, 0.15) is 13.3 Å². The van der Waals surface area contributed by atoms with E-state index in [2.05, 4.69) is 12.2 Å². The van der Waals surface area contributed by atoms with Gasteiger partial charge in [-0.1, -0.05) is 13.3 Å². The van der Waals surface area contributed by atoms with Crippen molar-refractivity contribution >= 4 is 5.91 Å². The maximum absolute atomic E-state index is 11.1. The second kappa shape index (κ2) is 2.21. The van der Waals surface area contributed by atoms with Crippen molar-refractivity contribution in [3.63, 3.8) is 0 Å². The first-order valence-corrected chi connectivity index (χ1v) is 4.20. The van der Waals surface area contributed by atoms with Gasteiger partial charge >= 0.3 is 0 Å². The number of nitrogens with one attached hydrogen (secondary N) is 1. The second-order valence-corrected chi connectivity index (χ2v) is 3.47. The molecule has 0 spiro atoms. The van der Waals surface area contributed by atoms with Crippen LogP contribution in [0.5, 0.6) is 0 Å². The molecule has 0 aromatic carbocycles. The van der Waals surface area contributed by atoms with Crippen molar-refractivity contribution in [3.05, 3.63) is 0 Å². The summed E-state index contributed by atoms with van der Waals surface area (Å²) < 4.78 is 0. The molecule has 1 unspecified atom stereocenters. The van der Waals surface area contributed by atoms with Crippen molar-refractivity contribution in [1.29, 1.82) is 0 Å². The van der Waals surface area contributed by atoms with Crippen molar-refractivity contribution in [2.75, 3.05) is 6.61 Å². The van der Waals surface area contributed by atoms with Gasteiger partial charge in [0, 0.05) is 5.92 Å². The molecule has 1 heterocycles. The van der Waals surface area contributed by atoms with Crippen LogP contribution in [0.2, 0.25) is 0 Å². The molecule has 11 heavy (non-hydrogen) atoms. The number of fused-ring (bicyclic) bond motifs is 1. The van der Waals surface area contributed by atoms with E-state index in [4.69, 9.17) is 5.11 Å². The number of rotatable bonds is 2. The van der Waals surface area contributed by atoms with Gasteiger partial charge < -0.3 is 10.4 Å². The van der Waals surface area contributed by atoms with E-state index in [-0.39, 0.29) is 24.5 Å². The third kappa shape index (κ3) is 0.805. The van der Waals surface area contributed by atoms with Crippen molar-refractivity contribution < 1.29 is 9.90 Å². The van der Waals surface area contributed by atoms with E-state index in [0.29, 0.717) is 11.8 Å². The van der Waals surface area contributed by atoms with Gasteiger partial charge in [-0.15, -0.1) is 0 Å². The van der Waals surface area contributed by atoms with Crippen LogP contribution in [-0.2, 0) is 4.79 Å². The normalized spacial score (nSPS) is 46.9. The van der Waals surface area contributed by atoms with E-state index in [9.17, 15) is 4.79 Å². The fourth-order valence-electron chi connectivity index (χ4n) is 2.39. The lowest BCUT2D eigenvalue weighted by Gasteiger charge is -2.11. The highest BCUT2D eigenvalue weighted by molar-refractivity contribution is 5.85. The molecular weight excluding hydrogens is 142 g/mol. The smallest absolute Gasteiger partial charge is 0.224 e. The number of piperidine rings is 1. The van der Waals surface area contributed by atoms with Gasteiger partial charge in [-0.05, 0) is 11.8 Å². The summed E-state index contributed by atoms with van der Waals surface area (Å²) in [6, 6.07) is 0.0532. The SMILES string of the molecule is CC[C@@H]1C2[C@@H](CO)NC(=O)[C@@H]21. The number of aliphatic hydroxyl groups excluding tert-OH is 1. The molecule has 2 fully saturated rings. The molecule has 1 saturated heterocycles. The molecule has 3 nitrogen and oxygen atoms in total. The molecule has 3 heteroatoms. The second-order valence-electron chi connectivity index (χ2n) is 3.47. The average Bonchev–Trinajstić information content (AvgIpc) is 2.65. The monoisotopic (exact) mass is 155 g/mol. The highest BCUT2D eigenvalue weighted by atomic mass is 16.3. The summed E-state index contributed by atoms with van der Waals surface area (Å²) in [5.74, 6) is 1.39. The van der Waals surface area contributed by atoms with Crippen LogP contribution < -0.4 is 5.32 Å². The Hall–Kier alpha value is -0.570. The van der Waals surface area contributed by atoms with Gasteiger partial charge in [0.05, 0.1) is 12.6 Å². The first-order valence-electron chi connectivity index (χ1n) is 4.20. The molecule has 1 aliphatic heterocycles. The zero-order valence-electron chi connectivity index (χ0n) is 6.58. The molecule has 1 aliphatic carbocycles. The number of hydrogen-bond acceptors (Lipinski definition) is 2. The summed E-state index contributed by atoms with van der Waals surface area (Å²) in [5, 5.41) is 11.7. The third-order valence-corrected chi connectivity index (χ3v) is 2.99. The standard InChI is InChI=1S/C8H13NO2/c1-2-4-6-5(3-10)9-8(11)7(4)6/h4-7,10H,2-3H2,1H3,(H,9,11)/t4-,5-,6?,7-/m1/s1. The Balaban J connectivity index is 2.06. The van der Waals surface area contributed by atoms with Gasteiger partial charge in [0.2, 0.25) is 5.91 Å². The van der Waals surface area contributed by atoms with E-state index in [1.807, 2.05) is 0 Å². The van der Waals surface area contributed by atoms with E-state index < -0.39 is 0 Å². The van der Waals surface area contributed by atoms with Gasteiger partial charge in [0.25, 0.3) is 0 Å². The predicted molar refractivity (Wildman–Crippen MR) is 39.8 cm³/mol. The fraction of sp³-hybridized carbons (Fsp3) is 0.875. The summed E-state index contributed by atoms with van der Waals surface area (Å²) in [5.41, 5.74) is 0. The molecule has 1 saturated carbocycles. The van der Waals surface area contributed by atoms with Crippen molar-refractivity contribution in [3.8, 4) is 0 Å². The van der Waals surface area contributed by atoms with Crippen LogP contribution >= 0.6 is 0 Å². The fourth-order valence-corrected chi connectivity index (χ4v) is 2.39. The van der Waals surface area contributed by atoms with Gasteiger partial charge in [-0.2, -0.15) is 0 Å². The molecule has 0 aromatic rings. The zero-order chi connectivity index (χ0) is 8.01. The van der Waals surface area contributed by atoms with E-state index in [1.54, 1.807) is 0 Å². The number of aliphatic hydroxyl groups is 1. The lowest BCUT2D eigenvalue weighted by Crippen LogP contribution is -2.34. The molecule has 2 aliphatic rings. The molecule has 0 aromatic heterocycles. The van der Waals surface area contributed by atoms with Gasteiger partial charge in [-0.25, -0.2) is 0 Å². The number of amides is 1. The average molecular weight is 155 g/mol. The quantitative estimate of drug-likeness (QED) is 0.577. The number of carbonyl (C=O) groups is 1. The van der Waals surface area contributed by atoms with Crippen LogP contribution in [0.15, 0.2) is 0 Å². The highest BCUT2D eigenvalue weighted by Crippen LogP contribution is 2.54. The summed E-state index contributed by atoms with van der Waals surface area (Å²) in [6.45, 7) is 2.20. The Kier molecular flexibility index (Phi) is 1.42. The van der Waals surface area contributed by atoms with E-state index in [0.717, 1.165) is 6.42 Å². The van der Waals surface area contributed by atoms with Crippen molar-refractivity contribution in [2.24, 2.45) is 17.8 Å². The first kappa shape index (κ1) is 7.10. The summed E-state index contributed by atoms with van der Waals surface area (Å²) in [7, 11) is 0. The van der Waals surface area contributed by atoms with Gasteiger partial charge in [0.1, 0.15) is 0 Å². The molecule has 1 amide bonds. The van der Waals surface area contributed by atoms with Crippen LogP contribution in [0.4, 0.5) is 0 Å². The minimum atomic E-state index is 0.0532. The summed E-state index contributed by atoms with van der Waals surface area (Å²) in [4.78, 5) is 11.1. The van der Waals surface area contributed by atoms with Crippen molar-refractivity contribution in [2.45, 2.75) is 19.4 Å². The maximum Gasteiger partial charge on any atom is 0.224 e. The predicted octanol–water partition coefficient (Wildman–Crippen LogP) is -0.251. The van der Waals surface area contributed by atoms with E-state index >= 15 is 0 Å². The molecular formula is C8H13NO2. The van der Waals surface area contributed by atoms with Crippen molar-refractivity contribution in [1.82, 2.24) is 5.32 Å². The maximum atomic E-state index is 11.1. The van der Waals surface area contributed by atoms with Crippen LogP contribution in [-0.4, -0.2) is 23.7 Å². The molecule has 0 radical (unpaired) electrons. The lowest BCUT2D eigenvalue weighted by molar-refractivity contribution is -0.121. The Morgan fingerprint density at radius 1 is 1.64 bits per heavy atom. The third-order valence-electron chi connectivity index (χ3n) is 2.99. The Labute approximate surface area is 65.8 Å². The molecule has 2 rings (SSSR count). The largest absolute Gasteiger partial charge is 0.394 e. The van der Waals surface area contributed by atoms with Crippen LogP contribution in [0.3, 0.4) is 0 Å². The highest BCUT2D eigenvalue weighted by Gasteiger charge is 2.61. The summed E-state index contributed by atoms with van der Waals surface area (Å²) in [6.07, 6.45) is 1.07. The van der Waals surface area contributed by atoms with Gasteiger partial charge in [0.15, 0.2) is 0 Å². The molecule has 0 bridgehead atoms. The first-order chi connectivity index (χ1) is 5.29. The molecule has 62 valence electrons. The molecule has 2 N–H and O–H groups in total. The topological polar surface area (TPSA) is 49.3 Å². The van der Waals surface area contributed by atoms with Crippen LogP contribution in [0.25, 0.3) is 0 Å². The minimum Gasteiger partial charge on any atom is -0.394 e. The molecule has 4 atom stereocenters. The van der Waals surface area contributed by atoms with Gasteiger partial charge in [-0.3, -0.25) is 4.79 Å². The Bertz CT molecular complexity index is 193. The lowest BCUT2D eigenvalue weighted by atomic mass is 10.1. The minimum absolute atomic E-state index is 0.0532.